The Kier molecular flexibility index (Phi) is 4.37. The van der Waals surface area contributed by atoms with E-state index in [1.54, 1.807) is 6.07 Å². The first-order chi connectivity index (χ1) is 7.13. The molecular weight excluding hydrogens is 194 g/mol. The summed E-state index contributed by atoms with van der Waals surface area (Å²) in [6.07, 6.45) is 1.86. The molecule has 0 aliphatic rings. The Balaban J connectivity index is 2.43. The summed E-state index contributed by atoms with van der Waals surface area (Å²) in [7, 11) is 5.40. The lowest BCUT2D eigenvalue weighted by atomic mass is 10.2. The summed E-state index contributed by atoms with van der Waals surface area (Å²) in [5, 5.41) is 0. The normalized spacial score (nSPS) is 10.7. The van der Waals surface area contributed by atoms with E-state index in [1.165, 1.54) is 7.11 Å². The van der Waals surface area contributed by atoms with Crippen LogP contribution in [0.25, 0.3) is 0 Å². The number of methoxy groups -OCH3 is 1. The summed E-state index contributed by atoms with van der Waals surface area (Å²) in [4.78, 5) is 13.2. The van der Waals surface area contributed by atoms with Crippen molar-refractivity contribution in [3.63, 3.8) is 0 Å². The Bertz CT molecular complexity index is 317. The second-order valence-corrected chi connectivity index (χ2v) is 3.66. The molecule has 0 radical (unpaired) electrons. The number of nitrogens with zero attached hydrogens (tertiary/aromatic N) is 1. The highest BCUT2D eigenvalue weighted by molar-refractivity contribution is 5.86. The lowest BCUT2D eigenvalue weighted by Gasteiger charge is -2.07. The maximum absolute atomic E-state index is 11.1. The molecule has 1 aromatic rings. The fourth-order valence-corrected chi connectivity index (χ4v) is 1.29. The number of ether oxygens (including phenoxy) is 1. The van der Waals surface area contributed by atoms with Crippen LogP contribution in [0, 0.1) is 0 Å². The molecule has 0 N–H and O–H groups in total. The Morgan fingerprint density at radius 1 is 1.47 bits per heavy atom. The zero-order valence-electron chi connectivity index (χ0n) is 9.45. The number of rotatable bonds is 5. The van der Waals surface area contributed by atoms with Crippen LogP contribution in [-0.4, -0.2) is 38.6 Å². The summed E-state index contributed by atoms with van der Waals surface area (Å²) >= 11 is 0. The van der Waals surface area contributed by atoms with Crippen molar-refractivity contribution in [2.24, 2.45) is 0 Å². The van der Waals surface area contributed by atoms with Gasteiger partial charge in [-0.2, -0.15) is 0 Å². The first kappa shape index (κ1) is 11.8. The summed E-state index contributed by atoms with van der Waals surface area (Å²) < 4.78 is 9.88. The first-order valence-corrected chi connectivity index (χ1v) is 4.95. The van der Waals surface area contributed by atoms with Crippen LogP contribution in [0.15, 0.2) is 16.5 Å². The third kappa shape index (κ3) is 3.75. The van der Waals surface area contributed by atoms with Crippen LogP contribution in [0.5, 0.6) is 0 Å². The van der Waals surface area contributed by atoms with Gasteiger partial charge in [0.25, 0.3) is 0 Å². The van der Waals surface area contributed by atoms with Crippen LogP contribution in [0.4, 0.5) is 0 Å². The smallest absolute Gasteiger partial charge is 0.373 e. The molecular formula is C11H17NO3. The lowest BCUT2D eigenvalue weighted by Crippen LogP contribution is -2.13. The Labute approximate surface area is 89.8 Å². The Morgan fingerprint density at radius 3 is 2.80 bits per heavy atom. The molecule has 0 unspecified atom stereocenters. The molecule has 1 rings (SSSR count). The second-order valence-electron chi connectivity index (χ2n) is 3.66. The monoisotopic (exact) mass is 211 g/mol. The van der Waals surface area contributed by atoms with Gasteiger partial charge in [-0.25, -0.2) is 4.79 Å². The highest BCUT2D eigenvalue weighted by Gasteiger charge is 2.10. The molecule has 0 aromatic carbocycles. The average Bonchev–Trinajstić information content (AvgIpc) is 2.65. The van der Waals surface area contributed by atoms with Gasteiger partial charge in [0.15, 0.2) is 0 Å². The fourth-order valence-electron chi connectivity index (χ4n) is 1.29. The molecule has 4 heteroatoms. The Hall–Kier alpha value is -1.29. The number of carbonyl (C=O) groups excluding carboxylic acids is 1. The van der Waals surface area contributed by atoms with Crippen molar-refractivity contribution >= 4 is 5.97 Å². The van der Waals surface area contributed by atoms with Crippen molar-refractivity contribution in [1.82, 2.24) is 4.90 Å². The molecule has 15 heavy (non-hydrogen) atoms. The molecule has 0 atom stereocenters. The van der Waals surface area contributed by atoms with Crippen LogP contribution in [-0.2, 0) is 11.2 Å². The molecule has 0 fully saturated rings. The standard InChI is InChI=1S/C11H17NO3/c1-12(2)8-4-5-9-6-7-10(15-9)11(13)14-3/h6-7H,4-5,8H2,1-3H3. The highest BCUT2D eigenvalue weighted by Crippen LogP contribution is 2.10. The number of esters is 1. The van der Waals surface area contributed by atoms with Crippen molar-refractivity contribution in [2.45, 2.75) is 12.8 Å². The molecule has 0 saturated carbocycles. The summed E-state index contributed by atoms with van der Waals surface area (Å²) in [6.45, 7) is 1.01. The predicted molar refractivity (Wildman–Crippen MR) is 56.9 cm³/mol. The zero-order chi connectivity index (χ0) is 11.3. The van der Waals surface area contributed by atoms with Crippen LogP contribution >= 0.6 is 0 Å². The maximum Gasteiger partial charge on any atom is 0.373 e. The minimum atomic E-state index is -0.422. The van der Waals surface area contributed by atoms with Gasteiger partial charge < -0.3 is 14.1 Å². The molecule has 1 heterocycles. The van der Waals surface area contributed by atoms with Crippen molar-refractivity contribution in [3.8, 4) is 0 Å². The van der Waals surface area contributed by atoms with E-state index in [1.807, 2.05) is 20.2 Å². The van der Waals surface area contributed by atoms with Gasteiger partial charge in [-0.1, -0.05) is 0 Å². The third-order valence-electron chi connectivity index (χ3n) is 2.08. The summed E-state index contributed by atoms with van der Waals surface area (Å²) in [5.41, 5.74) is 0. The van der Waals surface area contributed by atoms with Crippen molar-refractivity contribution in [3.05, 3.63) is 23.7 Å². The number of carbonyl (C=O) groups is 1. The molecule has 0 spiro atoms. The van der Waals surface area contributed by atoms with Gasteiger partial charge in [0.05, 0.1) is 7.11 Å². The molecule has 0 aliphatic heterocycles. The SMILES string of the molecule is COC(=O)c1ccc(CCCN(C)C)o1. The fraction of sp³-hybridized carbons (Fsp3) is 0.545. The number of hydrogen-bond acceptors (Lipinski definition) is 4. The molecule has 0 aliphatic carbocycles. The molecule has 0 bridgehead atoms. The van der Waals surface area contributed by atoms with E-state index < -0.39 is 5.97 Å². The number of hydrogen-bond donors (Lipinski definition) is 0. The molecule has 84 valence electrons. The topological polar surface area (TPSA) is 42.7 Å². The van der Waals surface area contributed by atoms with Crippen LogP contribution in [0.3, 0.4) is 0 Å². The van der Waals surface area contributed by atoms with Gasteiger partial charge >= 0.3 is 5.97 Å². The third-order valence-corrected chi connectivity index (χ3v) is 2.08. The Morgan fingerprint density at radius 2 is 2.20 bits per heavy atom. The van der Waals surface area contributed by atoms with Crippen molar-refractivity contribution < 1.29 is 13.9 Å². The van der Waals surface area contributed by atoms with Gasteiger partial charge in [0.2, 0.25) is 5.76 Å². The minimum absolute atomic E-state index is 0.275. The van der Waals surface area contributed by atoms with Gasteiger partial charge in [0, 0.05) is 6.42 Å². The van der Waals surface area contributed by atoms with Gasteiger partial charge in [-0.15, -0.1) is 0 Å². The van der Waals surface area contributed by atoms with Crippen molar-refractivity contribution in [1.29, 1.82) is 0 Å². The van der Waals surface area contributed by atoms with Crippen LogP contribution in [0.1, 0.15) is 22.7 Å². The van der Waals surface area contributed by atoms with E-state index in [0.717, 1.165) is 25.1 Å². The van der Waals surface area contributed by atoms with Crippen LogP contribution in [0.2, 0.25) is 0 Å². The van der Waals surface area contributed by atoms with E-state index >= 15 is 0 Å². The number of aryl methyl sites for hydroxylation is 1. The molecule has 0 amide bonds. The summed E-state index contributed by atoms with van der Waals surface area (Å²) in [6, 6.07) is 3.47. The predicted octanol–water partition coefficient (Wildman–Crippen LogP) is 1.56. The molecule has 0 saturated heterocycles. The molecule has 4 nitrogen and oxygen atoms in total. The quantitative estimate of drug-likeness (QED) is 0.693. The zero-order valence-corrected chi connectivity index (χ0v) is 9.45. The minimum Gasteiger partial charge on any atom is -0.463 e. The molecule has 1 aromatic heterocycles. The average molecular weight is 211 g/mol. The van der Waals surface area contributed by atoms with E-state index in [4.69, 9.17) is 4.42 Å². The van der Waals surface area contributed by atoms with Gasteiger partial charge in [0.1, 0.15) is 5.76 Å². The second kappa shape index (κ2) is 5.56. The largest absolute Gasteiger partial charge is 0.463 e. The van der Waals surface area contributed by atoms with Crippen LogP contribution < -0.4 is 0 Å². The highest BCUT2D eigenvalue weighted by atomic mass is 16.5. The summed E-state index contributed by atoms with van der Waals surface area (Å²) in [5.74, 6) is 0.684. The maximum atomic E-state index is 11.1. The number of furan rings is 1. The lowest BCUT2D eigenvalue weighted by molar-refractivity contribution is 0.0563. The van der Waals surface area contributed by atoms with E-state index in [-0.39, 0.29) is 5.76 Å². The van der Waals surface area contributed by atoms with E-state index in [2.05, 4.69) is 9.64 Å². The van der Waals surface area contributed by atoms with Gasteiger partial charge in [-0.3, -0.25) is 0 Å². The van der Waals surface area contributed by atoms with Gasteiger partial charge in [-0.05, 0) is 39.2 Å². The first-order valence-electron chi connectivity index (χ1n) is 4.95. The van der Waals surface area contributed by atoms with E-state index in [9.17, 15) is 4.79 Å². The van der Waals surface area contributed by atoms with Crippen molar-refractivity contribution in [2.75, 3.05) is 27.7 Å². The van der Waals surface area contributed by atoms with E-state index in [0.29, 0.717) is 0 Å².